The fourth-order valence-corrected chi connectivity index (χ4v) is 3.47. The molecule has 1 saturated heterocycles. The molecule has 1 aromatic rings. The molecule has 24 heavy (non-hydrogen) atoms. The van der Waals surface area contributed by atoms with Crippen LogP contribution in [0.3, 0.4) is 0 Å². The molecule has 0 aliphatic carbocycles. The summed E-state index contributed by atoms with van der Waals surface area (Å²) >= 11 is 0. The molecule has 2 aliphatic heterocycles. The van der Waals surface area contributed by atoms with Gasteiger partial charge in [0, 0.05) is 37.9 Å². The number of carbonyl (C=O) groups is 2. The average molecular weight is 331 g/mol. The molecule has 2 amide bonds. The molecule has 0 saturated carbocycles. The number of hydrogen-bond acceptors (Lipinski definition) is 4. The highest BCUT2D eigenvalue weighted by Gasteiger charge is 2.30. The number of amides is 2. The second kappa shape index (κ2) is 7.11. The van der Waals surface area contributed by atoms with Crippen LogP contribution in [0.25, 0.3) is 0 Å². The van der Waals surface area contributed by atoms with E-state index in [1.165, 1.54) is 11.3 Å². The van der Waals surface area contributed by atoms with Gasteiger partial charge in [0.15, 0.2) is 0 Å². The van der Waals surface area contributed by atoms with Gasteiger partial charge in [-0.1, -0.05) is 18.2 Å². The topological polar surface area (TPSA) is 53.1 Å². The minimum absolute atomic E-state index is 0.127. The summed E-state index contributed by atoms with van der Waals surface area (Å²) in [6, 6.07) is 8.63. The number of hydrogen-bond donors (Lipinski definition) is 0. The number of nitrogens with zero attached hydrogens (tertiary/aromatic N) is 3. The van der Waals surface area contributed by atoms with E-state index >= 15 is 0 Å². The maximum absolute atomic E-state index is 12.7. The Morgan fingerprint density at radius 1 is 1.12 bits per heavy atom. The van der Waals surface area contributed by atoms with Gasteiger partial charge in [-0.2, -0.15) is 0 Å². The standard InChI is InChI=1S/C18H25N3O3/c1-3-24-18(23)20-10-8-19(9-11-20)17(22)13-21-14(2)12-15-6-4-5-7-16(15)21/h4-7,14H,3,8-13H2,1-2H3. The first kappa shape index (κ1) is 16.6. The Balaban J connectivity index is 1.56. The number of para-hydroxylation sites is 1. The van der Waals surface area contributed by atoms with Gasteiger partial charge in [-0.15, -0.1) is 0 Å². The second-order valence-corrected chi connectivity index (χ2v) is 6.38. The summed E-state index contributed by atoms with van der Waals surface area (Å²) in [6.45, 7) is 6.96. The van der Waals surface area contributed by atoms with E-state index in [-0.39, 0.29) is 12.0 Å². The molecule has 3 rings (SSSR count). The van der Waals surface area contributed by atoms with Crippen LogP contribution in [0.1, 0.15) is 19.4 Å². The third kappa shape index (κ3) is 3.32. The van der Waals surface area contributed by atoms with Gasteiger partial charge in [-0.25, -0.2) is 4.79 Å². The van der Waals surface area contributed by atoms with E-state index in [0.29, 0.717) is 45.4 Å². The Labute approximate surface area is 143 Å². The van der Waals surface area contributed by atoms with Crippen LogP contribution < -0.4 is 4.90 Å². The van der Waals surface area contributed by atoms with Crippen molar-refractivity contribution in [2.75, 3.05) is 44.2 Å². The van der Waals surface area contributed by atoms with Crippen molar-refractivity contribution >= 4 is 17.7 Å². The first-order valence-corrected chi connectivity index (χ1v) is 8.64. The van der Waals surface area contributed by atoms with Crippen LogP contribution in [0, 0.1) is 0 Å². The smallest absolute Gasteiger partial charge is 0.409 e. The molecule has 1 unspecified atom stereocenters. The van der Waals surface area contributed by atoms with Gasteiger partial charge in [-0.3, -0.25) is 4.79 Å². The average Bonchev–Trinajstić information content (AvgIpc) is 2.91. The van der Waals surface area contributed by atoms with Gasteiger partial charge in [-0.05, 0) is 31.9 Å². The SMILES string of the molecule is CCOC(=O)N1CCN(C(=O)CN2c3ccccc3CC2C)CC1. The maximum atomic E-state index is 12.7. The Kier molecular flexibility index (Phi) is 4.92. The van der Waals surface area contributed by atoms with Crippen LogP contribution in [0.2, 0.25) is 0 Å². The first-order valence-electron chi connectivity index (χ1n) is 8.64. The molecule has 0 aromatic heterocycles. The monoisotopic (exact) mass is 331 g/mol. The summed E-state index contributed by atoms with van der Waals surface area (Å²) < 4.78 is 5.01. The van der Waals surface area contributed by atoms with Crippen molar-refractivity contribution in [2.45, 2.75) is 26.3 Å². The molecule has 6 heteroatoms. The van der Waals surface area contributed by atoms with Crippen LogP contribution in [-0.4, -0.2) is 67.2 Å². The lowest BCUT2D eigenvalue weighted by molar-refractivity contribution is -0.131. The van der Waals surface area contributed by atoms with Crippen molar-refractivity contribution in [3.8, 4) is 0 Å². The second-order valence-electron chi connectivity index (χ2n) is 6.38. The lowest BCUT2D eigenvalue weighted by atomic mass is 10.1. The molecule has 1 aromatic carbocycles. The molecule has 6 nitrogen and oxygen atoms in total. The van der Waals surface area contributed by atoms with Gasteiger partial charge < -0.3 is 19.4 Å². The molecule has 0 spiro atoms. The van der Waals surface area contributed by atoms with Crippen LogP contribution in [0.5, 0.6) is 0 Å². The summed E-state index contributed by atoms with van der Waals surface area (Å²) in [6.07, 6.45) is 0.701. The lowest BCUT2D eigenvalue weighted by Crippen LogP contribution is -2.53. The molecular formula is C18H25N3O3. The predicted octanol–water partition coefficient (Wildman–Crippen LogP) is 1.74. The highest BCUT2D eigenvalue weighted by atomic mass is 16.6. The molecule has 2 aliphatic rings. The maximum Gasteiger partial charge on any atom is 0.409 e. The number of anilines is 1. The first-order chi connectivity index (χ1) is 11.6. The largest absolute Gasteiger partial charge is 0.450 e. The van der Waals surface area contributed by atoms with E-state index < -0.39 is 0 Å². The fraction of sp³-hybridized carbons (Fsp3) is 0.556. The summed E-state index contributed by atoms with van der Waals surface area (Å²) in [5.41, 5.74) is 2.48. The zero-order valence-corrected chi connectivity index (χ0v) is 14.4. The van der Waals surface area contributed by atoms with Gasteiger partial charge in [0.2, 0.25) is 5.91 Å². The van der Waals surface area contributed by atoms with Crippen LogP contribution >= 0.6 is 0 Å². The number of fused-ring (bicyclic) bond motifs is 1. The third-order valence-corrected chi connectivity index (χ3v) is 4.81. The molecule has 1 fully saturated rings. The predicted molar refractivity (Wildman–Crippen MR) is 92.1 cm³/mol. The minimum atomic E-state index is -0.285. The highest BCUT2D eigenvalue weighted by Crippen LogP contribution is 2.31. The molecular weight excluding hydrogens is 306 g/mol. The molecule has 1 atom stereocenters. The van der Waals surface area contributed by atoms with Crippen molar-refractivity contribution in [3.63, 3.8) is 0 Å². The number of carbonyl (C=O) groups excluding carboxylic acids is 2. The van der Waals surface area contributed by atoms with Crippen LogP contribution in [0.15, 0.2) is 24.3 Å². The number of rotatable bonds is 3. The fourth-order valence-electron chi connectivity index (χ4n) is 3.47. The van der Waals surface area contributed by atoms with E-state index in [2.05, 4.69) is 24.0 Å². The van der Waals surface area contributed by atoms with Crippen LogP contribution in [-0.2, 0) is 16.0 Å². The van der Waals surface area contributed by atoms with Crippen molar-refractivity contribution in [1.82, 2.24) is 9.80 Å². The summed E-state index contributed by atoms with van der Waals surface area (Å²) in [5, 5.41) is 0. The van der Waals surface area contributed by atoms with Crippen LogP contribution in [0.4, 0.5) is 10.5 Å². The van der Waals surface area contributed by atoms with Gasteiger partial charge in [0.25, 0.3) is 0 Å². The third-order valence-electron chi connectivity index (χ3n) is 4.81. The van der Waals surface area contributed by atoms with Gasteiger partial charge in [0.05, 0.1) is 13.2 Å². The zero-order valence-electron chi connectivity index (χ0n) is 14.4. The van der Waals surface area contributed by atoms with E-state index in [0.717, 1.165) is 6.42 Å². The molecule has 0 N–H and O–H groups in total. The highest BCUT2D eigenvalue weighted by molar-refractivity contribution is 5.83. The Morgan fingerprint density at radius 3 is 2.50 bits per heavy atom. The number of benzene rings is 1. The van der Waals surface area contributed by atoms with E-state index in [1.807, 2.05) is 17.0 Å². The number of ether oxygens (including phenoxy) is 1. The van der Waals surface area contributed by atoms with Crippen molar-refractivity contribution in [2.24, 2.45) is 0 Å². The Bertz CT molecular complexity index is 611. The minimum Gasteiger partial charge on any atom is -0.450 e. The van der Waals surface area contributed by atoms with Crippen molar-refractivity contribution in [3.05, 3.63) is 29.8 Å². The summed E-state index contributed by atoms with van der Waals surface area (Å²) in [7, 11) is 0. The van der Waals surface area contributed by atoms with Gasteiger partial charge >= 0.3 is 6.09 Å². The van der Waals surface area contributed by atoms with E-state index in [1.54, 1.807) is 11.8 Å². The molecule has 130 valence electrons. The zero-order chi connectivity index (χ0) is 17.1. The molecule has 2 heterocycles. The Hall–Kier alpha value is -2.24. The quantitative estimate of drug-likeness (QED) is 0.847. The van der Waals surface area contributed by atoms with Crippen molar-refractivity contribution in [1.29, 1.82) is 0 Å². The Morgan fingerprint density at radius 2 is 1.79 bits per heavy atom. The summed E-state index contributed by atoms with van der Waals surface area (Å²) in [4.78, 5) is 30.1. The molecule has 0 bridgehead atoms. The van der Waals surface area contributed by atoms with E-state index in [4.69, 9.17) is 4.74 Å². The van der Waals surface area contributed by atoms with E-state index in [9.17, 15) is 9.59 Å². The number of piperazine rings is 1. The van der Waals surface area contributed by atoms with Gasteiger partial charge in [0.1, 0.15) is 0 Å². The molecule has 0 radical (unpaired) electrons. The normalized spacial score (nSPS) is 20.1. The van der Waals surface area contributed by atoms with Crippen molar-refractivity contribution < 1.29 is 14.3 Å². The summed E-state index contributed by atoms with van der Waals surface area (Å²) in [5.74, 6) is 0.127. The lowest BCUT2D eigenvalue weighted by Gasteiger charge is -2.35.